The molecule has 5 aromatic rings. The number of thiophene rings is 1. The van der Waals surface area contributed by atoms with Gasteiger partial charge in [0, 0.05) is 64.2 Å². The topological polar surface area (TPSA) is 97.6 Å². The fourth-order valence-electron chi connectivity index (χ4n) is 5.55. The summed E-state index contributed by atoms with van der Waals surface area (Å²) in [5, 5.41) is 15.1. The van der Waals surface area contributed by atoms with Gasteiger partial charge in [0.15, 0.2) is 0 Å². The van der Waals surface area contributed by atoms with Gasteiger partial charge in [0.2, 0.25) is 0 Å². The maximum absolute atomic E-state index is 12.8. The molecule has 5 heterocycles. The summed E-state index contributed by atoms with van der Waals surface area (Å²) < 4.78 is 5.87. The molecule has 1 saturated heterocycles. The molecular formula is C29H27ClN6O2S. The second-order valence-corrected chi connectivity index (χ2v) is 11.9. The molecular weight excluding hydrogens is 532 g/mol. The lowest BCUT2D eigenvalue weighted by molar-refractivity contribution is 0.247. The number of nitrogens with one attached hydrogen (secondary N) is 1. The highest BCUT2D eigenvalue weighted by atomic mass is 35.5. The number of halogens is 1. The quantitative estimate of drug-likeness (QED) is 0.338. The molecule has 0 atom stereocenters. The van der Waals surface area contributed by atoms with Crippen LogP contribution in [-0.2, 0) is 20.1 Å². The Morgan fingerprint density at radius 2 is 1.95 bits per heavy atom. The first-order valence-electron chi connectivity index (χ1n) is 12.8. The predicted octanol–water partition coefficient (Wildman–Crippen LogP) is 4.68. The molecule has 1 aliphatic heterocycles. The van der Waals surface area contributed by atoms with Crippen molar-refractivity contribution in [2.24, 2.45) is 12.5 Å². The fourth-order valence-corrected chi connectivity index (χ4v) is 6.90. The molecule has 6 rings (SSSR count). The Balaban J connectivity index is 1.48. The minimum Gasteiger partial charge on any atom is -0.345 e. The zero-order chi connectivity index (χ0) is 27.3. The average Bonchev–Trinajstić information content (AvgIpc) is 3.53. The van der Waals surface area contributed by atoms with Crippen LogP contribution in [-0.4, -0.2) is 31.8 Å². The molecule has 1 aliphatic rings. The van der Waals surface area contributed by atoms with Gasteiger partial charge in [-0.05, 0) is 63.2 Å². The molecule has 1 fully saturated rings. The van der Waals surface area contributed by atoms with E-state index in [1.807, 2.05) is 30.5 Å². The molecule has 4 aromatic heterocycles. The first-order chi connectivity index (χ1) is 18.8. The molecule has 1 N–H and O–H groups in total. The molecule has 0 bridgehead atoms. The van der Waals surface area contributed by atoms with Gasteiger partial charge in [0.25, 0.3) is 5.56 Å². The molecule has 0 saturated carbocycles. The van der Waals surface area contributed by atoms with Crippen molar-refractivity contribution in [2.45, 2.75) is 32.9 Å². The Morgan fingerprint density at radius 3 is 2.72 bits per heavy atom. The number of piperidine rings is 1. The highest BCUT2D eigenvalue weighted by Gasteiger charge is 2.33. The van der Waals surface area contributed by atoms with Gasteiger partial charge in [-0.3, -0.25) is 14.3 Å². The summed E-state index contributed by atoms with van der Waals surface area (Å²) >= 11 is 8.12. The van der Waals surface area contributed by atoms with Crippen LogP contribution in [0.15, 0.2) is 58.4 Å². The summed E-state index contributed by atoms with van der Waals surface area (Å²) in [5.41, 5.74) is 3.30. The maximum atomic E-state index is 12.8. The third kappa shape index (κ3) is 4.48. The molecule has 0 radical (unpaired) electrons. The highest BCUT2D eigenvalue weighted by molar-refractivity contribution is 7.19. The molecule has 1 aromatic carbocycles. The van der Waals surface area contributed by atoms with Crippen molar-refractivity contribution in [3.8, 4) is 17.2 Å². The van der Waals surface area contributed by atoms with Crippen molar-refractivity contribution < 1.29 is 0 Å². The van der Waals surface area contributed by atoms with E-state index >= 15 is 0 Å². The lowest BCUT2D eigenvalue weighted by Gasteiger charge is -2.32. The SMILES string of the molecule is Cc1cc(=O)n(Cc2cc3nccc(-c4cc(Cl)cc5ccn(CC6(C#N)CCNCC6)c45)c3s2)c(=O)n1C. The zero-order valence-corrected chi connectivity index (χ0v) is 23.3. The van der Waals surface area contributed by atoms with E-state index in [0.717, 1.165) is 63.1 Å². The van der Waals surface area contributed by atoms with E-state index in [9.17, 15) is 14.9 Å². The molecule has 10 heteroatoms. The smallest absolute Gasteiger partial charge is 0.331 e. The van der Waals surface area contributed by atoms with Gasteiger partial charge in [0.1, 0.15) is 0 Å². The molecule has 39 heavy (non-hydrogen) atoms. The normalized spacial score (nSPS) is 15.1. The van der Waals surface area contributed by atoms with E-state index < -0.39 is 5.41 Å². The van der Waals surface area contributed by atoms with Gasteiger partial charge in [0.05, 0.1) is 33.8 Å². The van der Waals surface area contributed by atoms with Crippen molar-refractivity contribution in [3.63, 3.8) is 0 Å². The Kier molecular flexibility index (Phi) is 6.42. The van der Waals surface area contributed by atoms with Crippen LogP contribution in [0.4, 0.5) is 0 Å². The van der Waals surface area contributed by atoms with Crippen LogP contribution >= 0.6 is 22.9 Å². The number of aryl methyl sites for hydroxylation is 1. The summed E-state index contributed by atoms with van der Waals surface area (Å²) in [6.07, 6.45) is 5.42. The van der Waals surface area contributed by atoms with Gasteiger partial charge < -0.3 is 14.5 Å². The minimum atomic E-state index is -0.425. The lowest BCUT2D eigenvalue weighted by Crippen LogP contribution is -2.39. The van der Waals surface area contributed by atoms with Gasteiger partial charge in [-0.1, -0.05) is 11.6 Å². The highest BCUT2D eigenvalue weighted by Crippen LogP contribution is 2.40. The van der Waals surface area contributed by atoms with E-state index in [-0.39, 0.29) is 17.8 Å². The number of nitriles is 1. The molecule has 0 unspecified atom stereocenters. The third-order valence-electron chi connectivity index (χ3n) is 7.81. The Bertz CT molecular complexity index is 1900. The van der Waals surface area contributed by atoms with Crippen LogP contribution in [0.3, 0.4) is 0 Å². The Labute approximate surface area is 233 Å². The molecule has 198 valence electrons. The van der Waals surface area contributed by atoms with E-state index in [0.29, 0.717) is 17.3 Å². The van der Waals surface area contributed by atoms with E-state index in [1.54, 1.807) is 20.2 Å². The fraction of sp³-hybridized carbons (Fsp3) is 0.310. The standard InChI is InChI=1S/C29H27ClN6O2S/c1-18-11-25(37)36(28(38)34(18)2)15-21-14-24-27(39-21)22(3-7-33-24)23-13-20(30)12-19-4-10-35(26(19)23)17-29(16-31)5-8-32-9-6-29/h3-4,7,10-14,32H,5-6,8-9,15,17H2,1-2H3. The van der Waals surface area contributed by atoms with Gasteiger partial charge in [-0.2, -0.15) is 5.26 Å². The van der Waals surface area contributed by atoms with Gasteiger partial charge in [-0.25, -0.2) is 4.79 Å². The number of aromatic nitrogens is 4. The summed E-state index contributed by atoms with van der Waals surface area (Å²) in [4.78, 5) is 30.9. The molecule has 8 nitrogen and oxygen atoms in total. The van der Waals surface area contributed by atoms with E-state index in [1.165, 1.54) is 26.5 Å². The average molecular weight is 559 g/mol. The number of pyridine rings is 1. The van der Waals surface area contributed by atoms with Crippen molar-refractivity contribution in [1.82, 2.24) is 24.0 Å². The van der Waals surface area contributed by atoms with Crippen molar-refractivity contribution in [3.05, 3.63) is 85.2 Å². The maximum Gasteiger partial charge on any atom is 0.331 e. The molecule has 0 aliphatic carbocycles. The second kappa shape index (κ2) is 9.79. The van der Waals surface area contributed by atoms with Crippen LogP contribution in [0.1, 0.15) is 23.4 Å². The third-order valence-corrected chi connectivity index (χ3v) is 9.17. The van der Waals surface area contributed by atoms with Gasteiger partial charge >= 0.3 is 5.69 Å². The van der Waals surface area contributed by atoms with Crippen LogP contribution in [0, 0.1) is 23.7 Å². The Hall–Kier alpha value is -3.71. The number of rotatable bonds is 5. The van der Waals surface area contributed by atoms with Crippen LogP contribution < -0.4 is 16.6 Å². The van der Waals surface area contributed by atoms with Crippen LogP contribution in [0.25, 0.3) is 32.2 Å². The summed E-state index contributed by atoms with van der Waals surface area (Å²) in [7, 11) is 1.66. The monoisotopic (exact) mass is 558 g/mol. The largest absolute Gasteiger partial charge is 0.345 e. The molecule has 0 amide bonds. The van der Waals surface area contributed by atoms with Crippen LogP contribution in [0.2, 0.25) is 5.02 Å². The number of nitrogens with zero attached hydrogens (tertiary/aromatic N) is 5. The lowest BCUT2D eigenvalue weighted by atomic mass is 9.80. The number of benzene rings is 1. The van der Waals surface area contributed by atoms with Gasteiger partial charge in [-0.15, -0.1) is 11.3 Å². The first kappa shape index (κ1) is 25.6. The van der Waals surface area contributed by atoms with Crippen molar-refractivity contribution in [2.75, 3.05) is 13.1 Å². The number of fused-ring (bicyclic) bond motifs is 2. The second-order valence-electron chi connectivity index (χ2n) is 10.3. The zero-order valence-electron chi connectivity index (χ0n) is 21.7. The van der Waals surface area contributed by atoms with Crippen molar-refractivity contribution in [1.29, 1.82) is 5.26 Å². The minimum absolute atomic E-state index is 0.173. The van der Waals surface area contributed by atoms with E-state index in [4.69, 9.17) is 11.6 Å². The predicted molar refractivity (Wildman–Crippen MR) is 155 cm³/mol. The summed E-state index contributed by atoms with van der Waals surface area (Å²) in [6, 6.07) is 14.0. The van der Waals surface area contributed by atoms with E-state index in [2.05, 4.69) is 27.0 Å². The number of hydrogen-bond acceptors (Lipinski definition) is 6. The Morgan fingerprint density at radius 1 is 1.15 bits per heavy atom. The summed E-state index contributed by atoms with van der Waals surface area (Å²) in [5.74, 6) is 0. The van der Waals surface area contributed by atoms with Crippen LogP contribution in [0.5, 0.6) is 0 Å². The first-order valence-corrected chi connectivity index (χ1v) is 14.0. The van der Waals surface area contributed by atoms with Crippen molar-refractivity contribution >= 4 is 44.1 Å². The summed E-state index contributed by atoms with van der Waals surface area (Å²) in [6.45, 7) is 4.19. The molecule has 0 spiro atoms. The number of hydrogen-bond donors (Lipinski definition) is 1.